The molecule has 0 aliphatic rings. The lowest BCUT2D eigenvalue weighted by molar-refractivity contribution is 0.0685. The molecule has 0 saturated heterocycles. The Kier molecular flexibility index (Phi) is 3.01. The number of rotatable bonds is 3. The molecule has 0 atom stereocenters. The first kappa shape index (κ1) is 12.1. The number of pyridine rings is 1. The van der Waals surface area contributed by atoms with Crippen LogP contribution in [0.1, 0.15) is 10.5 Å². The molecule has 0 amide bonds. The number of nitrogens with zero attached hydrogens (tertiary/aromatic N) is 4. The SMILES string of the molecule is CN(C)c1cc(-c2cc(C(=O)O)n(C)n2)ccn1. The first-order valence-electron chi connectivity index (χ1n) is 5.40. The maximum atomic E-state index is 11.0. The van der Waals surface area contributed by atoms with E-state index in [1.54, 1.807) is 25.4 Å². The first-order chi connectivity index (χ1) is 8.49. The molecule has 0 aliphatic heterocycles. The predicted molar refractivity (Wildman–Crippen MR) is 67.7 cm³/mol. The minimum atomic E-state index is -0.988. The van der Waals surface area contributed by atoms with Crippen molar-refractivity contribution in [2.75, 3.05) is 19.0 Å². The number of carboxylic acids is 1. The molecule has 1 N–H and O–H groups in total. The van der Waals surface area contributed by atoms with Gasteiger partial charge in [-0.3, -0.25) is 4.68 Å². The van der Waals surface area contributed by atoms with Crippen LogP contribution in [0.15, 0.2) is 24.4 Å². The van der Waals surface area contributed by atoms with Crippen molar-refractivity contribution in [2.45, 2.75) is 0 Å². The van der Waals surface area contributed by atoms with Gasteiger partial charge in [0.05, 0.1) is 5.69 Å². The Morgan fingerprint density at radius 1 is 1.39 bits per heavy atom. The maximum Gasteiger partial charge on any atom is 0.354 e. The number of carboxylic acid groups (broad SMARTS) is 1. The average molecular weight is 246 g/mol. The lowest BCUT2D eigenvalue weighted by Gasteiger charge is -2.11. The highest BCUT2D eigenvalue weighted by Gasteiger charge is 2.13. The van der Waals surface area contributed by atoms with Crippen molar-refractivity contribution in [2.24, 2.45) is 7.05 Å². The molecule has 0 unspecified atom stereocenters. The van der Waals surface area contributed by atoms with E-state index in [9.17, 15) is 4.79 Å². The van der Waals surface area contributed by atoms with Crippen LogP contribution in [0.4, 0.5) is 5.82 Å². The number of aromatic carboxylic acids is 1. The van der Waals surface area contributed by atoms with E-state index in [0.29, 0.717) is 5.69 Å². The van der Waals surface area contributed by atoms with Crippen LogP contribution in [0.25, 0.3) is 11.3 Å². The highest BCUT2D eigenvalue weighted by Crippen LogP contribution is 2.21. The predicted octanol–water partition coefficient (Wildman–Crippen LogP) is 1.25. The fourth-order valence-electron chi connectivity index (χ4n) is 1.63. The van der Waals surface area contributed by atoms with E-state index >= 15 is 0 Å². The fourth-order valence-corrected chi connectivity index (χ4v) is 1.63. The molecule has 94 valence electrons. The van der Waals surface area contributed by atoms with Gasteiger partial charge in [-0.15, -0.1) is 0 Å². The molecule has 2 aromatic heterocycles. The molecule has 0 aromatic carbocycles. The molecule has 0 bridgehead atoms. The zero-order valence-corrected chi connectivity index (χ0v) is 10.5. The lowest BCUT2D eigenvalue weighted by atomic mass is 10.2. The summed E-state index contributed by atoms with van der Waals surface area (Å²) in [6, 6.07) is 5.23. The van der Waals surface area contributed by atoms with E-state index in [1.807, 2.05) is 25.1 Å². The van der Waals surface area contributed by atoms with Crippen LogP contribution in [-0.2, 0) is 7.05 Å². The average Bonchev–Trinajstić information content (AvgIpc) is 2.71. The third-order valence-electron chi connectivity index (χ3n) is 2.60. The number of anilines is 1. The zero-order valence-electron chi connectivity index (χ0n) is 10.5. The largest absolute Gasteiger partial charge is 0.477 e. The van der Waals surface area contributed by atoms with Gasteiger partial charge in [0.25, 0.3) is 0 Å². The van der Waals surface area contributed by atoms with E-state index in [0.717, 1.165) is 11.4 Å². The molecule has 2 aromatic rings. The topological polar surface area (TPSA) is 71.2 Å². The third kappa shape index (κ3) is 2.17. The van der Waals surface area contributed by atoms with E-state index < -0.39 is 5.97 Å². The van der Waals surface area contributed by atoms with Crippen molar-refractivity contribution in [3.05, 3.63) is 30.1 Å². The monoisotopic (exact) mass is 246 g/mol. The van der Waals surface area contributed by atoms with Crippen molar-refractivity contribution in [1.82, 2.24) is 14.8 Å². The van der Waals surface area contributed by atoms with Gasteiger partial charge < -0.3 is 10.0 Å². The molecule has 0 fully saturated rings. The summed E-state index contributed by atoms with van der Waals surface area (Å²) in [5.74, 6) is -0.187. The van der Waals surface area contributed by atoms with Gasteiger partial charge in [-0.25, -0.2) is 9.78 Å². The van der Waals surface area contributed by atoms with Crippen molar-refractivity contribution >= 4 is 11.8 Å². The minimum absolute atomic E-state index is 0.160. The summed E-state index contributed by atoms with van der Waals surface area (Å²) in [7, 11) is 5.40. The second kappa shape index (κ2) is 4.48. The molecule has 0 spiro atoms. The van der Waals surface area contributed by atoms with Crippen LogP contribution in [0.2, 0.25) is 0 Å². The Hall–Kier alpha value is -2.37. The smallest absolute Gasteiger partial charge is 0.354 e. The van der Waals surface area contributed by atoms with Gasteiger partial charge in [-0.05, 0) is 18.2 Å². The van der Waals surface area contributed by atoms with Crippen LogP contribution >= 0.6 is 0 Å². The van der Waals surface area contributed by atoms with Crippen molar-refractivity contribution in [3.8, 4) is 11.3 Å². The standard InChI is InChI=1S/C12H14N4O2/c1-15(2)11-6-8(4-5-13-11)9-7-10(12(17)18)16(3)14-9/h4-7H,1-3H3,(H,17,18). The first-order valence-corrected chi connectivity index (χ1v) is 5.40. The highest BCUT2D eigenvalue weighted by atomic mass is 16.4. The van der Waals surface area contributed by atoms with Gasteiger partial charge >= 0.3 is 5.97 Å². The number of aryl methyl sites for hydroxylation is 1. The molecular weight excluding hydrogens is 232 g/mol. The van der Waals surface area contributed by atoms with Crippen LogP contribution in [-0.4, -0.2) is 39.9 Å². The normalized spacial score (nSPS) is 10.4. The molecule has 18 heavy (non-hydrogen) atoms. The summed E-state index contributed by atoms with van der Waals surface area (Å²) in [6.07, 6.45) is 1.68. The van der Waals surface area contributed by atoms with Crippen LogP contribution in [0.5, 0.6) is 0 Å². The summed E-state index contributed by atoms with van der Waals surface area (Å²) in [6.45, 7) is 0. The minimum Gasteiger partial charge on any atom is -0.477 e. The molecule has 2 rings (SSSR count). The summed E-state index contributed by atoms with van der Waals surface area (Å²) < 4.78 is 1.35. The molecule has 6 nitrogen and oxygen atoms in total. The quantitative estimate of drug-likeness (QED) is 0.882. The number of carbonyl (C=O) groups is 1. The van der Waals surface area contributed by atoms with E-state index in [1.165, 1.54) is 4.68 Å². The Balaban J connectivity index is 2.45. The summed E-state index contributed by atoms with van der Waals surface area (Å²) in [4.78, 5) is 17.0. The maximum absolute atomic E-state index is 11.0. The summed E-state index contributed by atoms with van der Waals surface area (Å²) in [5.41, 5.74) is 1.63. The Morgan fingerprint density at radius 3 is 2.67 bits per heavy atom. The number of hydrogen-bond acceptors (Lipinski definition) is 4. The Labute approximate surface area is 104 Å². The lowest BCUT2D eigenvalue weighted by Crippen LogP contribution is -2.10. The van der Waals surface area contributed by atoms with Crippen LogP contribution < -0.4 is 4.90 Å². The molecule has 0 radical (unpaired) electrons. The molecule has 0 aliphatic carbocycles. The van der Waals surface area contributed by atoms with Gasteiger partial charge in [0.15, 0.2) is 0 Å². The van der Waals surface area contributed by atoms with Gasteiger partial charge in [-0.1, -0.05) is 0 Å². The van der Waals surface area contributed by atoms with Crippen molar-refractivity contribution in [3.63, 3.8) is 0 Å². The Morgan fingerprint density at radius 2 is 2.11 bits per heavy atom. The zero-order chi connectivity index (χ0) is 13.3. The summed E-state index contributed by atoms with van der Waals surface area (Å²) >= 11 is 0. The van der Waals surface area contributed by atoms with Crippen LogP contribution in [0.3, 0.4) is 0 Å². The highest BCUT2D eigenvalue weighted by molar-refractivity contribution is 5.87. The van der Waals surface area contributed by atoms with E-state index in [4.69, 9.17) is 5.11 Å². The number of aromatic nitrogens is 3. The van der Waals surface area contributed by atoms with Gasteiger partial charge in [0, 0.05) is 32.9 Å². The van der Waals surface area contributed by atoms with Crippen molar-refractivity contribution in [1.29, 1.82) is 0 Å². The van der Waals surface area contributed by atoms with Gasteiger partial charge in [-0.2, -0.15) is 5.10 Å². The summed E-state index contributed by atoms with van der Waals surface area (Å²) in [5, 5.41) is 13.2. The second-order valence-electron chi connectivity index (χ2n) is 4.14. The Bertz CT molecular complexity index is 590. The van der Waals surface area contributed by atoms with Crippen molar-refractivity contribution < 1.29 is 9.90 Å². The number of hydrogen-bond donors (Lipinski definition) is 1. The second-order valence-corrected chi connectivity index (χ2v) is 4.14. The van der Waals surface area contributed by atoms with E-state index in [2.05, 4.69) is 10.1 Å². The molecule has 6 heteroatoms. The molecule has 0 saturated carbocycles. The van der Waals surface area contributed by atoms with Gasteiger partial charge in [0.2, 0.25) is 0 Å². The molecular formula is C12H14N4O2. The third-order valence-corrected chi connectivity index (χ3v) is 2.60. The molecule has 2 heterocycles. The van der Waals surface area contributed by atoms with Gasteiger partial charge in [0.1, 0.15) is 11.5 Å². The van der Waals surface area contributed by atoms with Crippen LogP contribution in [0, 0.1) is 0 Å². The fraction of sp³-hybridized carbons (Fsp3) is 0.250. The van der Waals surface area contributed by atoms with E-state index in [-0.39, 0.29) is 5.69 Å².